The van der Waals surface area contributed by atoms with Crippen LogP contribution < -0.4 is 0 Å². The molecule has 0 aliphatic rings. The van der Waals surface area contributed by atoms with E-state index in [1.165, 1.54) is 0 Å². The molecule has 0 radical (unpaired) electrons. The molecule has 0 fully saturated rings. The maximum absolute atomic E-state index is 12.8. The van der Waals surface area contributed by atoms with Crippen LogP contribution in [0.3, 0.4) is 0 Å². The Balaban J connectivity index is 2.82. The highest BCUT2D eigenvalue weighted by Gasteiger charge is 2.37. The Kier molecular flexibility index (Phi) is 7.20. The number of thiazole rings is 1. The molecule has 0 spiro atoms. The third-order valence-electron chi connectivity index (χ3n) is 2.03. The van der Waals surface area contributed by atoms with Crippen molar-refractivity contribution in [2.75, 3.05) is 12.4 Å². The Hall–Kier alpha value is -1.23. The van der Waals surface area contributed by atoms with Crippen LogP contribution in [0.4, 0.5) is 26.3 Å². The van der Waals surface area contributed by atoms with Gasteiger partial charge in [-0.25, -0.2) is 9.37 Å². The maximum Gasteiger partial charge on any atom is 0.434 e. The lowest BCUT2D eigenvalue weighted by Crippen LogP contribution is -2.08. The lowest BCUT2D eigenvalue weighted by atomic mass is 10.4. The van der Waals surface area contributed by atoms with Gasteiger partial charge in [-0.05, 0) is 6.92 Å². The average molecular weight is 364 g/mol. The monoisotopic (exact) mass is 364 g/mol. The first-order chi connectivity index (χ1) is 10.3. The number of aromatic nitrogens is 1. The molecule has 22 heavy (non-hydrogen) atoms. The number of alkyl halides is 3. The van der Waals surface area contributed by atoms with Crippen molar-refractivity contribution in [3.05, 3.63) is 22.5 Å². The van der Waals surface area contributed by atoms with Crippen molar-refractivity contribution < 1.29 is 31.2 Å². The number of hydrogen-bond acceptors (Lipinski definition) is 5. The lowest BCUT2D eigenvalue weighted by Gasteiger charge is -2.02. The molecule has 1 heterocycles. The first kappa shape index (κ1) is 18.8. The third-order valence-corrected chi connectivity index (χ3v) is 4.16. The van der Waals surface area contributed by atoms with Crippen molar-refractivity contribution in [3.8, 4) is 0 Å². The van der Waals surface area contributed by atoms with Crippen LogP contribution in [0.5, 0.6) is 0 Å². The normalized spacial score (nSPS) is 12.0. The summed E-state index contributed by atoms with van der Waals surface area (Å²) in [6.45, 7) is 1.81. The molecule has 124 valence electrons. The van der Waals surface area contributed by atoms with Gasteiger partial charge in [0, 0.05) is 12.2 Å². The second kappa shape index (κ2) is 8.42. The largest absolute Gasteiger partial charge is 0.434 e. The summed E-state index contributed by atoms with van der Waals surface area (Å²) in [5.41, 5.74) is -1.14. The zero-order valence-electron chi connectivity index (χ0n) is 11.1. The quantitative estimate of drug-likeness (QED) is 0.292. The van der Waals surface area contributed by atoms with Crippen LogP contribution in [0.15, 0.2) is 21.4 Å². The highest BCUT2D eigenvalue weighted by Crippen LogP contribution is 2.37. The fourth-order valence-corrected chi connectivity index (χ4v) is 3.19. The van der Waals surface area contributed by atoms with Crippen molar-refractivity contribution in [3.63, 3.8) is 0 Å². The highest BCUT2D eigenvalue weighted by molar-refractivity contribution is 8.01. The Bertz CT molecular complexity index is 551. The van der Waals surface area contributed by atoms with E-state index < -0.39 is 30.2 Å². The molecule has 0 unspecified atom stereocenters. The van der Waals surface area contributed by atoms with Crippen molar-refractivity contribution >= 4 is 29.3 Å². The van der Waals surface area contributed by atoms with Gasteiger partial charge in [-0.15, -0.1) is 11.3 Å². The van der Waals surface area contributed by atoms with Crippen LogP contribution in [-0.2, 0) is 11.0 Å². The summed E-state index contributed by atoms with van der Waals surface area (Å²) in [4.78, 5) is 7.71. The molecular formula is C11H10F6N2OS2. The van der Waals surface area contributed by atoms with Gasteiger partial charge in [-0.2, -0.15) is 22.0 Å². The van der Waals surface area contributed by atoms with Crippen molar-refractivity contribution in [1.82, 2.24) is 4.98 Å². The molecule has 0 atom stereocenters. The van der Waals surface area contributed by atoms with Gasteiger partial charge in [0.1, 0.15) is 6.61 Å². The van der Waals surface area contributed by atoms with E-state index in [-0.39, 0.29) is 21.6 Å². The van der Waals surface area contributed by atoms with Crippen LogP contribution in [0.1, 0.15) is 23.9 Å². The molecule has 1 rings (SSSR count). The molecule has 1 aromatic heterocycles. The molecule has 0 saturated heterocycles. The van der Waals surface area contributed by atoms with E-state index in [1.807, 2.05) is 0 Å². The summed E-state index contributed by atoms with van der Waals surface area (Å²) in [5.74, 6) is -1.74. The molecule has 3 nitrogen and oxygen atoms in total. The molecule has 0 amide bonds. The summed E-state index contributed by atoms with van der Waals surface area (Å²) in [7, 11) is 0. The minimum Gasteiger partial charge on any atom is -0.396 e. The van der Waals surface area contributed by atoms with Gasteiger partial charge in [0.2, 0.25) is 0 Å². The molecular weight excluding hydrogens is 354 g/mol. The van der Waals surface area contributed by atoms with Crippen molar-refractivity contribution in [2.45, 2.75) is 23.9 Å². The second-order valence-electron chi connectivity index (χ2n) is 3.61. The van der Waals surface area contributed by atoms with E-state index in [0.29, 0.717) is 11.3 Å². The van der Waals surface area contributed by atoms with E-state index in [4.69, 9.17) is 0 Å². The molecule has 0 aromatic carbocycles. The zero-order chi connectivity index (χ0) is 16.8. The number of oxime groups is 1. The average Bonchev–Trinajstić information content (AvgIpc) is 2.82. The predicted octanol–water partition coefficient (Wildman–Crippen LogP) is 5.09. The number of hydrogen-bond donors (Lipinski definition) is 0. The van der Waals surface area contributed by atoms with E-state index in [0.717, 1.165) is 18.0 Å². The van der Waals surface area contributed by atoms with Crippen LogP contribution in [0, 0.1) is 0 Å². The highest BCUT2D eigenvalue weighted by atomic mass is 32.2. The lowest BCUT2D eigenvalue weighted by molar-refractivity contribution is -0.141. The summed E-state index contributed by atoms with van der Waals surface area (Å²) in [6, 6.07) is 0. The zero-order valence-corrected chi connectivity index (χ0v) is 12.7. The van der Waals surface area contributed by atoms with Crippen molar-refractivity contribution in [2.24, 2.45) is 5.16 Å². The number of rotatable bonds is 7. The molecule has 0 aliphatic carbocycles. The van der Waals surface area contributed by atoms with Crippen LogP contribution in [0.25, 0.3) is 0 Å². The van der Waals surface area contributed by atoms with Gasteiger partial charge in [0.25, 0.3) is 0 Å². The summed E-state index contributed by atoms with van der Waals surface area (Å²) >= 11 is 1.43. The number of thioether (sulfide) groups is 1. The summed E-state index contributed by atoms with van der Waals surface area (Å²) in [6.07, 6.45) is -6.81. The van der Waals surface area contributed by atoms with E-state index >= 15 is 0 Å². The minimum atomic E-state index is -4.68. The first-order valence-electron chi connectivity index (χ1n) is 5.81. The third kappa shape index (κ3) is 5.87. The van der Waals surface area contributed by atoms with E-state index in [1.54, 1.807) is 6.92 Å². The topological polar surface area (TPSA) is 34.5 Å². The van der Waals surface area contributed by atoms with Gasteiger partial charge in [0.05, 0.1) is 11.1 Å². The van der Waals surface area contributed by atoms with Gasteiger partial charge in [-0.3, -0.25) is 0 Å². The fourth-order valence-electron chi connectivity index (χ4n) is 1.15. The van der Waals surface area contributed by atoms with Gasteiger partial charge >= 0.3 is 12.3 Å². The molecule has 1 aromatic rings. The van der Waals surface area contributed by atoms with Gasteiger partial charge in [0.15, 0.2) is 15.9 Å². The maximum atomic E-state index is 12.8. The second-order valence-corrected chi connectivity index (χ2v) is 5.98. The number of halogens is 6. The fraction of sp³-hybridized carbons (Fsp3) is 0.455. The number of allylic oxidation sites excluding steroid dienone is 1. The SMILES string of the molecule is CCO/N=C/c1sc(SCCC(F)=C(F)F)nc1C(F)(F)F. The molecule has 0 saturated carbocycles. The van der Waals surface area contributed by atoms with Gasteiger partial charge in [-0.1, -0.05) is 16.9 Å². The Morgan fingerprint density at radius 3 is 2.59 bits per heavy atom. The Labute approximate surface area is 130 Å². The smallest absolute Gasteiger partial charge is 0.396 e. The van der Waals surface area contributed by atoms with Crippen LogP contribution >= 0.6 is 23.1 Å². The molecule has 0 bridgehead atoms. The molecule has 0 N–H and O–H groups in total. The Morgan fingerprint density at radius 2 is 2.05 bits per heavy atom. The summed E-state index contributed by atoms with van der Waals surface area (Å²) in [5, 5.41) is 3.35. The number of nitrogens with zero attached hydrogens (tertiary/aromatic N) is 2. The molecule has 0 aliphatic heterocycles. The van der Waals surface area contributed by atoms with E-state index in [9.17, 15) is 26.3 Å². The van der Waals surface area contributed by atoms with Crippen LogP contribution in [0.2, 0.25) is 0 Å². The minimum absolute atomic E-state index is 0.0164. The van der Waals surface area contributed by atoms with Crippen LogP contribution in [-0.4, -0.2) is 23.6 Å². The first-order valence-corrected chi connectivity index (χ1v) is 7.61. The van der Waals surface area contributed by atoms with Gasteiger partial charge < -0.3 is 4.84 Å². The standard InChI is InChI=1S/C11H10F6N2OS2/c1-2-20-18-5-7-8(11(15,16)17)19-10(22-7)21-4-3-6(12)9(13)14/h5H,2-4H2,1H3/b18-5+. The van der Waals surface area contributed by atoms with Crippen molar-refractivity contribution in [1.29, 1.82) is 0 Å². The van der Waals surface area contributed by atoms with E-state index in [2.05, 4.69) is 15.0 Å². The Morgan fingerprint density at radius 1 is 1.36 bits per heavy atom. The summed E-state index contributed by atoms with van der Waals surface area (Å²) < 4.78 is 74.7. The predicted molar refractivity (Wildman–Crippen MR) is 72.0 cm³/mol. The molecule has 11 heteroatoms.